The Morgan fingerprint density at radius 2 is 2.00 bits per heavy atom. The van der Waals surface area contributed by atoms with Crippen LogP contribution in [0.15, 0.2) is 65.7 Å². The van der Waals surface area contributed by atoms with Gasteiger partial charge in [0.2, 0.25) is 0 Å². The first kappa shape index (κ1) is 24.6. The number of hydrogen-bond acceptors (Lipinski definition) is 3. The van der Waals surface area contributed by atoms with Crippen molar-refractivity contribution in [3.63, 3.8) is 0 Å². The second-order valence-corrected chi connectivity index (χ2v) is 5.55. The van der Waals surface area contributed by atoms with Crippen molar-refractivity contribution < 1.29 is 18.8 Å². The summed E-state index contributed by atoms with van der Waals surface area (Å²) in [6.07, 6.45) is 18.2. The molecule has 2 aliphatic rings. The Kier molecular flexibility index (Phi) is 14.0. The minimum atomic E-state index is 0. The van der Waals surface area contributed by atoms with E-state index in [1.807, 2.05) is 55.0 Å². The van der Waals surface area contributed by atoms with Gasteiger partial charge in [0.1, 0.15) is 0 Å². The molecule has 1 aliphatic carbocycles. The predicted octanol–water partition coefficient (Wildman–Crippen LogP) is 5.29. The molecule has 1 aliphatic heterocycles. The first-order valence-corrected chi connectivity index (χ1v) is 10.8. The van der Waals surface area contributed by atoms with Gasteiger partial charge in [-0.05, 0) is 30.7 Å². The van der Waals surface area contributed by atoms with Crippen LogP contribution in [-0.2, 0) is 18.8 Å². The van der Waals surface area contributed by atoms with Gasteiger partial charge in [-0.3, -0.25) is 9.98 Å². The van der Waals surface area contributed by atoms with Gasteiger partial charge in [-0.1, -0.05) is 37.4 Å². The SMILES string of the molecule is C1=CN/C(=C/[N-][C@@H]2CCCC[C@@H]2N=Cc2ccccn2)C=C1.[CH3-].[CH3-].[Cl][Pt]. The van der Waals surface area contributed by atoms with Gasteiger partial charge in [0.15, 0.2) is 0 Å². The van der Waals surface area contributed by atoms with Crippen LogP contribution in [0.5, 0.6) is 0 Å². The van der Waals surface area contributed by atoms with Crippen LogP contribution in [0.3, 0.4) is 0 Å². The maximum atomic E-state index is 4.76. The van der Waals surface area contributed by atoms with Crippen molar-refractivity contribution in [2.75, 3.05) is 0 Å². The van der Waals surface area contributed by atoms with Gasteiger partial charge in [0, 0.05) is 30.4 Å². The van der Waals surface area contributed by atoms with Crippen LogP contribution in [0.4, 0.5) is 0 Å². The standard InChI is InChI=1S/C18H21N4.2CH3.ClH.Pt/c1-2-10-18(22-14-16-8-4-6-12-20-16)17(9-1)21-13-15-7-3-5-11-19-15;;;;/h3-8,11-14,17-19H,1-2,9-10H2;2*1H3;1H;/q3*-1;;+1/p-1/b15-13+,22-14?;;;;/t17-,18+;;;;/m1..../s1. The molecule has 3 rings (SSSR count). The molecule has 147 valence electrons. The van der Waals surface area contributed by atoms with E-state index < -0.39 is 0 Å². The van der Waals surface area contributed by atoms with Crippen molar-refractivity contribution in [2.45, 2.75) is 37.8 Å². The third-order valence-electron chi connectivity index (χ3n) is 3.92. The van der Waals surface area contributed by atoms with E-state index in [2.05, 4.69) is 19.7 Å². The van der Waals surface area contributed by atoms with Crippen LogP contribution in [0.1, 0.15) is 31.4 Å². The van der Waals surface area contributed by atoms with Crippen molar-refractivity contribution >= 4 is 15.6 Å². The molecule has 1 aromatic rings. The molecular formula is C20H27ClN4Pt-3. The summed E-state index contributed by atoms with van der Waals surface area (Å²) in [5, 5.41) is 7.94. The summed E-state index contributed by atoms with van der Waals surface area (Å²) in [6.45, 7) is 0. The topological polar surface area (TPSA) is 51.4 Å². The second-order valence-electron chi connectivity index (χ2n) is 5.55. The Balaban J connectivity index is 0.00000151. The molecule has 0 saturated heterocycles. The van der Waals surface area contributed by atoms with Crippen LogP contribution in [-0.4, -0.2) is 23.3 Å². The number of nitrogens with zero attached hydrogens (tertiary/aromatic N) is 3. The first-order chi connectivity index (χ1) is 11.9. The molecule has 0 aromatic carbocycles. The summed E-state index contributed by atoms with van der Waals surface area (Å²) in [6, 6.07) is 6.40. The van der Waals surface area contributed by atoms with E-state index in [4.69, 9.17) is 10.3 Å². The van der Waals surface area contributed by atoms with Crippen LogP contribution in [0.25, 0.3) is 5.32 Å². The second kappa shape index (κ2) is 14.8. The Morgan fingerprint density at radius 1 is 1.19 bits per heavy atom. The van der Waals surface area contributed by atoms with Gasteiger partial charge in [-0.2, -0.15) is 6.20 Å². The third kappa shape index (κ3) is 8.33. The number of halogens is 1. The van der Waals surface area contributed by atoms with E-state index in [0.29, 0.717) is 0 Å². The summed E-state index contributed by atoms with van der Waals surface area (Å²) in [5.41, 5.74) is 1.94. The van der Waals surface area contributed by atoms with Gasteiger partial charge in [0.25, 0.3) is 0 Å². The molecule has 2 heterocycles. The van der Waals surface area contributed by atoms with E-state index in [0.717, 1.165) is 24.2 Å². The van der Waals surface area contributed by atoms with Crippen LogP contribution in [0, 0.1) is 14.9 Å². The summed E-state index contributed by atoms with van der Waals surface area (Å²) in [4.78, 5) is 9.02. The van der Waals surface area contributed by atoms with Crippen molar-refractivity contribution in [2.24, 2.45) is 4.99 Å². The average molecular weight is 554 g/mol. The number of dihydropyridines is 1. The Morgan fingerprint density at radius 3 is 2.69 bits per heavy atom. The van der Waals surface area contributed by atoms with E-state index in [1.54, 1.807) is 25.0 Å². The molecule has 4 nitrogen and oxygen atoms in total. The normalized spacial score (nSPS) is 22.5. The molecule has 0 unspecified atom stereocenters. The molecule has 1 saturated carbocycles. The molecule has 0 spiro atoms. The van der Waals surface area contributed by atoms with Gasteiger partial charge in [0.05, 0.1) is 5.69 Å². The predicted molar refractivity (Wildman–Crippen MR) is 109 cm³/mol. The van der Waals surface area contributed by atoms with E-state index in [-0.39, 0.29) is 26.9 Å². The first-order valence-electron chi connectivity index (χ1n) is 7.98. The number of aromatic nitrogens is 1. The number of rotatable bonds is 4. The quantitative estimate of drug-likeness (QED) is 0.407. The van der Waals surface area contributed by atoms with E-state index in [1.165, 1.54) is 12.8 Å². The number of nitrogens with one attached hydrogen (secondary N) is 1. The van der Waals surface area contributed by atoms with Gasteiger partial charge < -0.3 is 25.5 Å². The van der Waals surface area contributed by atoms with Crippen LogP contribution < -0.4 is 5.32 Å². The number of pyridine rings is 1. The molecule has 2 atom stereocenters. The molecule has 0 radical (unpaired) electrons. The monoisotopic (exact) mass is 553 g/mol. The fourth-order valence-corrected chi connectivity index (χ4v) is 2.73. The zero-order valence-electron chi connectivity index (χ0n) is 15.3. The van der Waals surface area contributed by atoms with Crippen LogP contribution in [0.2, 0.25) is 0 Å². The summed E-state index contributed by atoms with van der Waals surface area (Å²) in [7, 11) is 4.61. The fraction of sp³-hybridized carbons (Fsp3) is 0.300. The number of hydrogen-bond donors (Lipinski definition) is 1. The molecular weight excluding hydrogens is 527 g/mol. The molecule has 1 aromatic heterocycles. The van der Waals surface area contributed by atoms with E-state index >= 15 is 0 Å². The molecule has 1 fully saturated rings. The fourth-order valence-electron chi connectivity index (χ4n) is 2.73. The van der Waals surface area contributed by atoms with Gasteiger partial charge >= 0.3 is 28.2 Å². The Hall–Kier alpha value is -1.38. The van der Waals surface area contributed by atoms with Crippen LogP contribution >= 0.6 is 9.42 Å². The zero-order valence-corrected chi connectivity index (χ0v) is 18.3. The maximum absolute atomic E-state index is 4.76. The Bertz CT molecular complexity index is 599. The summed E-state index contributed by atoms with van der Waals surface area (Å²) in [5.74, 6) is 0. The molecule has 1 N–H and O–H groups in total. The van der Waals surface area contributed by atoms with Crippen molar-refractivity contribution in [1.82, 2.24) is 10.3 Å². The third-order valence-corrected chi connectivity index (χ3v) is 3.92. The van der Waals surface area contributed by atoms with Crippen molar-refractivity contribution in [1.29, 1.82) is 0 Å². The summed E-state index contributed by atoms with van der Waals surface area (Å²) < 4.78 is 0. The number of allylic oxidation sites excluding steroid dienone is 3. The zero-order chi connectivity index (χ0) is 17.0. The molecule has 0 amide bonds. The van der Waals surface area contributed by atoms with Crippen molar-refractivity contribution in [3.8, 4) is 0 Å². The average Bonchev–Trinajstić information content (AvgIpc) is 2.68. The van der Waals surface area contributed by atoms with Gasteiger partial charge in [-0.25, -0.2) is 0 Å². The molecule has 26 heavy (non-hydrogen) atoms. The minimum absolute atomic E-state index is 0. The number of aliphatic imine (C=N–C) groups is 1. The van der Waals surface area contributed by atoms with Crippen molar-refractivity contribution in [3.05, 3.63) is 86.6 Å². The Labute approximate surface area is 173 Å². The molecule has 0 bridgehead atoms. The van der Waals surface area contributed by atoms with Gasteiger partial charge in [-0.15, -0.1) is 0 Å². The summed E-state index contributed by atoms with van der Waals surface area (Å²) >= 11 is 1.61. The van der Waals surface area contributed by atoms with E-state index in [9.17, 15) is 0 Å². The molecule has 6 heteroatoms.